The molecule has 0 heterocycles. The van der Waals surface area contributed by atoms with E-state index < -0.39 is 0 Å². The molecule has 0 radical (unpaired) electrons. The van der Waals surface area contributed by atoms with Crippen LogP contribution in [0.4, 0.5) is 0 Å². The smallest absolute Gasteiger partial charge is 0.333 e. The maximum absolute atomic E-state index is 11.7. The highest BCUT2D eigenvalue weighted by Gasteiger charge is 2.08. The first-order valence-corrected chi connectivity index (χ1v) is 6.13. The molecule has 0 saturated carbocycles. The Labute approximate surface area is 109 Å². The van der Waals surface area contributed by atoms with Crippen LogP contribution in [0, 0.1) is 0 Å². The van der Waals surface area contributed by atoms with Gasteiger partial charge in [-0.15, -0.1) is 0 Å². The van der Waals surface area contributed by atoms with Crippen LogP contribution >= 0.6 is 0 Å². The van der Waals surface area contributed by atoms with Crippen molar-refractivity contribution in [2.45, 2.75) is 19.4 Å². The van der Waals surface area contributed by atoms with Crippen molar-refractivity contribution >= 4 is 5.97 Å². The van der Waals surface area contributed by atoms with Crippen molar-refractivity contribution in [3.05, 3.63) is 48.0 Å². The number of hydrogen-bond acceptors (Lipinski definition) is 3. The summed E-state index contributed by atoms with van der Waals surface area (Å²) in [6.07, 6.45) is 1.61. The zero-order valence-electron chi connectivity index (χ0n) is 11.2. The molecule has 3 nitrogen and oxygen atoms in total. The van der Waals surface area contributed by atoms with Crippen LogP contribution in [0.25, 0.3) is 0 Å². The standard InChI is InChI=1S/C15H21NO2/c1-13(8-7-11-16(2)3)15(17)18-12-14-9-5-4-6-10-14/h4-6,9-10H,1,7-8,11-12H2,2-3H3. The molecule has 18 heavy (non-hydrogen) atoms. The largest absolute Gasteiger partial charge is 0.457 e. The van der Waals surface area contributed by atoms with E-state index in [0.717, 1.165) is 18.5 Å². The van der Waals surface area contributed by atoms with E-state index in [4.69, 9.17) is 4.74 Å². The minimum absolute atomic E-state index is 0.294. The van der Waals surface area contributed by atoms with Gasteiger partial charge in [0.25, 0.3) is 0 Å². The fourth-order valence-electron chi connectivity index (χ4n) is 1.54. The molecular formula is C15H21NO2. The number of esters is 1. The Bertz CT molecular complexity index is 385. The quantitative estimate of drug-likeness (QED) is 0.548. The molecule has 0 atom stereocenters. The molecule has 0 unspecified atom stereocenters. The normalized spacial score (nSPS) is 10.4. The Morgan fingerprint density at radius 1 is 1.28 bits per heavy atom. The van der Waals surface area contributed by atoms with Gasteiger partial charge >= 0.3 is 5.97 Å². The van der Waals surface area contributed by atoms with Crippen molar-refractivity contribution in [1.82, 2.24) is 4.90 Å². The lowest BCUT2D eigenvalue weighted by molar-refractivity contribution is -0.140. The highest BCUT2D eigenvalue weighted by molar-refractivity contribution is 5.87. The number of carbonyl (C=O) groups excluding carboxylic acids is 1. The van der Waals surface area contributed by atoms with Gasteiger partial charge < -0.3 is 9.64 Å². The summed E-state index contributed by atoms with van der Waals surface area (Å²) in [7, 11) is 4.02. The zero-order chi connectivity index (χ0) is 13.4. The van der Waals surface area contributed by atoms with Gasteiger partial charge in [0.1, 0.15) is 6.61 Å². The summed E-state index contributed by atoms with van der Waals surface area (Å²) in [5, 5.41) is 0. The SMILES string of the molecule is C=C(CCCN(C)C)C(=O)OCc1ccccc1. The van der Waals surface area contributed by atoms with Crippen LogP contribution in [0.3, 0.4) is 0 Å². The molecule has 0 aliphatic carbocycles. The van der Waals surface area contributed by atoms with E-state index in [-0.39, 0.29) is 5.97 Å². The van der Waals surface area contributed by atoms with Crippen molar-refractivity contribution < 1.29 is 9.53 Å². The van der Waals surface area contributed by atoms with Crippen molar-refractivity contribution in [3.8, 4) is 0 Å². The van der Waals surface area contributed by atoms with E-state index >= 15 is 0 Å². The average Bonchev–Trinajstić information content (AvgIpc) is 2.36. The molecule has 0 aromatic heterocycles. The van der Waals surface area contributed by atoms with E-state index in [2.05, 4.69) is 11.5 Å². The third kappa shape index (κ3) is 5.64. The minimum atomic E-state index is -0.294. The Balaban J connectivity index is 2.26. The van der Waals surface area contributed by atoms with Crippen molar-refractivity contribution in [2.24, 2.45) is 0 Å². The monoisotopic (exact) mass is 247 g/mol. The highest BCUT2D eigenvalue weighted by Crippen LogP contribution is 2.08. The highest BCUT2D eigenvalue weighted by atomic mass is 16.5. The molecule has 0 saturated heterocycles. The third-order valence-electron chi connectivity index (χ3n) is 2.59. The maximum atomic E-state index is 11.7. The third-order valence-corrected chi connectivity index (χ3v) is 2.59. The molecule has 1 aromatic carbocycles. The van der Waals surface area contributed by atoms with Gasteiger partial charge in [-0.3, -0.25) is 0 Å². The second-order valence-electron chi connectivity index (χ2n) is 4.57. The lowest BCUT2D eigenvalue weighted by Gasteiger charge is -2.10. The van der Waals surface area contributed by atoms with Gasteiger partial charge in [0.15, 0.2) is 0 Å². The van der Waals surface area contributed by atoms with Crippen LogP contribution in [0.1, 0.15) is 18.4 Å². The van der Waals surface area contributed by atoms with E-state index in [0.29, 0.717) is 18.6 Å². The van der Waals surface area contributed by atoms with Crippen molar-refractivity contribution in [2.75, 3.05) is 20.6 Å². The van der Waals surface area contributed by atoms with Crippen LogP contribution in [-0.4, -0.2) is 31.5 Å². The second-order valence-corrected chi connectivity index (χ2v) is 4.57. The summed E-state index contributed by atoms with van der Waals surface area (Å²) < 4.78 is 5.20. The molecule has 1 rings (SSSR count). The molecule has 0 aliphatic rings. The number of benzene rings is 1. The minimum Gasteiger partial charge on any atom is -0.457 e. The first kappa shape index (κ1) is 14.5. The molecule has 0 fully saturated rings. The first-order chi connectivity index (χ1) is 8.59. The van der Waals surface area contributed by atoms with Gasteiger partial charge in [-0.05, 0) is 39.0 Å². The van der Waals surface area contributed by atoms with Crippen LogP contribution in [0.15, 0.2) is 42.5 Å². The number of rotatable bonds is 7. The van der Waals surface area contributed by atoms with Crippen LogP contribution in [0.2, 0.25) is 0 Å². The van der Waals surface area contributed by atoms with E-state index in [1.54, 1.807) is 0 Å². The Morgan fingerprint density at radius 3 is 2.56 bits per heavy atom. The Morgan fingerprint density at radius 2 is 1.94 bits per heavy atom. The fourth-order valence-corrected chi connectivity index (χ4v) is 1.54. The fraction of sp³-hybridized carbons (Fsp3) is 0.400. The van der Waals surface area contributed by atoms with Gasteiger partial charge in [-0.1, -0.05) is 36.9 Å². The lowest BCUT2D eigenvalue weighted by atomic mass is 10.1. The van der Waals surface area contributed by atoms with Crippen molar-refractivity contribution in [3.63, 3.8) is 0 Å². The molecule has 0 bridgehead atoms. The molecule has 0 spiro atoms. The number of ether oxygens (including phenoxy) is 1. The molecule has 3 heteroatoms. The number of hydrogen-bond donors (Lipinski definition) is 0. The van der Waals surface area contributed by atoms with Gasteiger partial charge in [-0.25, -0.2) is 4.79 Å². The second kappa shape index (κ2) is 7.67. The Kier molecular flexibility index (Phi) is 6.15. The predicted molar refractivity (Wildman–Crippen MR) is 73.2 cm³/mol. The summed E-state index contributed by atoms with van der Waals surface area (Å²) in [6, 6.07) is 9.65. The van der Waals surface area contributed by atoms with Gasteiger partial charge in [-0.2, -0.15) is 0 Å². The number of carbonyl (C=O) groups is 1. The lowest BCUT2D eigenvalue weighted by Crippen LogP contribution is -2.14. The molecule has 0 N–H and O–H groups in total. The van der Waals surface area contributed by atoms with E-state index in [1.807, 2.05) is 44.4 Å². The summed E-state index contributed by atoms with van der Waals surface area (Å²) in [5.41, 5.74) is 1.54. The first-order valence-electron chi connectivity index (χ1n) is 6.13. The summed E-state index contributed by atoms with van der Waals surface area (Å²) in [6.45, 7) is 5.03. The predicted octanol–water partition coefficient (Wildman–Crippen LogP) is 2.63. The van der Waals surface area contributed by atoms with Crippen LogP contribution in [-0.2, 0) is 16.1 Å². The van der Waals surface area contributed by atoms with Gasteiger partial charge in [0, 0.05) is 5.57 Å². The molecule has 98 valence electrons. The van der Waals surface area contributed by atoms with Crippen LogP contribution < -0.4 is 0 Å². The van der Waals surface area contributed by atoms with E-state index in [1.165, 1.54) is 0 Å². The van der Waals surface area contributed by atoms with Gasteiger partial charge in [0.2, 0.25) is 0 Å². The molecule has 0 amide bonds. The number of nitrogens with zero attached hydrogens (tertiary/aromatic N) is 1. The van der Waals surface area contributed by atoms with Gasteiger partial charge in [0.05, 0.1) is 0 Å². The van der Waals surface area contributed by atoms with Crippen LogP contribution in [0.5, 0.6) is 0 Å². The summed E-state index contributed by atoms with van der Waals surface area (Å²) in [5.74, 6) is -0.294. The summed E-state index contributed by atoms with van der Waals surface area (Å²) in [4.78, 5) is 13.7. The molecule has 0 aliphatic heterocycles. The molecule has 1 aromatic rings. The summed E-state index contributed by atoms with van der Waals surface area (Å²) >= 11 is 0. The average molecular weight is 247 g/mol. The molecular weight excluding hydrogens is 226 g/mol. The van der Waals surface area contributed by atoms with Crippen molar-refractivity contribution in [1.29, 1.82) is 0 Å². The van der Waals surface area contributed by atoms with E-state index in [9.17, 15) is 4.79 Å². The Hall–Kier alpha value is -1.61. The maximum Gasteiger partial charge on any atom is 0.333 e. The topological polar surface area (TPSA) is 29.5 Å². The zero-order valence-corrected chi connectivity index (χ0v) is 11.2.